The zero-order valence-corrected chi connectivity index (χ0v) is 12.0. The van der Waals surface area contributed by atoms with E-state index in [2.05, 4.69) is 11.4 Å². The van der Waals surface area contributed by atoms with Crippen LogP contribution in [0.15, 0.2) is 11.4 Å². The number of rotatable bonds is 2. The highest BCUT2D eigenvalue weighted by Gasteiger charge is 2.34. The van der Waals surface area contributed by atoms with E-state index in [1.807, 2.05) is 4.90 Å². The molecule has 1 fully saturated rings. The molecule has 0 atom stereocenters. The molecule has 1 aromatic rings. The van der Waals surface area contributed by atoms with Gasteiger partial charge in [0.05, 0.1) is 12.0 Å². The maximum atomic E-state index is 12.4. The van der Waals surface area contributed by atoms with Gasteiger partial charge in [0.15, 0.2) is 0 Å². The Balaban J connectivity index is 1.62. The molecule has 1 saturated carbocycles. The van der Waals surface area contributed by atoms with Gasteiger partial charge in [-0.15, -0.1) is 11.3 Å². The van der Waals surface area contributed by atoms with Crippen molar-refractivity contribution in [1.29, 1.82) is 0 Å². The van der Waals surface area contributed by atoms with E-state index in [1.54, 1.807) is 11.3 Å². The van der Waals surface area contributed by atoms with Crippen LogP contribution in [0.25, 0.3) is 0 Å². The topological polar surface area (TPSA) is 40.5 Å². The third-order valence-corrected chi connectivity index (χ3v) is 5.45. The third-order valence-electron chi connectivity index (χ3n) is 4.42. The highest BCUT2D eigenvalue weighted by atomic mass is 32.1. The second-order valence-corrected chi connectivity index (χ2v) is 6.90. The van der Waals surface area contributed by atoms with E-state index in [9.17, 15) is 9.90 Å². The van der Waals surface area contributed by atoms with E-state index in [0.717, 1.165) is 45.2 Å². The number of thiophene rings is 1. The van der Waals surface area contributed by atoms with Crippen LogP contribution in [0.5, 0.6) is 0 Å². The first kappa shape index (κ1) is 13.1. The number of hydrogen-bond donors (Lipinski definition) is 1. The molecule has 4 heteroatoms. The molecule has 0 aromatic carbocycles. The lowest BCUT2D eigenvalue weighted by Crippen LogP contribution is -2.42. The van der Waals surface area contributed by atoms with Gasteiger partial charge in [0.1, 0.15) is 0 Å². The Labute approximate surface area is 118 Å². The normalized spacial score (nSPS) is 22.1. The third kappa shape index (κ3) is 2.84. The zero-order valence-electron chi connectivity index (χ0n) is 11.2. The Morgan fingerprint density at radius 2 is 2.16 bits per heavy atom. The number of carbonyl (C=O) groups is 1. The molecule has 1 N–H and O–H groups in total. The molecule has 1 aliphatic carbocycles. The van der Waals surface area contributed by atoms with E-state index in [4.69, 9.17) is 0 Å². The molecule has 3 rings (SSSR count). The van der Waals surface area contributed by atoms with Crippen LogP contribution in [0.2, 0.25) is 0 Å². The van der Waals surface area contributed by atoms with Gasteiger partial charge in [0.25, 0.3) is 0 Å². The molecule has 2 heterocycles. The molecule has 0 unspecified atom stereocenters. The van der Waals surface area contributed by atoms with Crippen molar-refractivity contribution in [3.05, 3.63) is 21.9 Å². The molecule has 0 saturated heterocycles. The van der Waals surface area contributed by atoms with Crippen LogP contribution < -0.4 is 0 Å². The number of aliphatic hydroxyl groups is 1. The summed E-state index contributed by atoms with van der Waals surface area (Å²) in [6, 6.07) is 2.12. The predicted molar refractivity (Wildman–Crippen MR) is 76.1 cm³/mol. The lowest BCUT2D eigenvalue weighted by Gasteiger charge is -2.34. The Bertz CT molecular complexity index is 462. The van der Waals surface area contributed by atoms with Crippen LogP contribution in [-0.2, 0) is 17.8 Å². The summed E-state index contributed by atoms with van der Waals surface area (Å²) in [7, 11) is 0. The van der Waals surface area contributed by atoms with Crippen LogP contribution in [0.4, 0.5) is 0 Å². The molecular formula is C15H21NO2S. The molecule has 1 aromatic heterocycles. The second kappa shape index (κ2) is 5.25. The smallest absolute Gasteiger partial charge is 0.225 e. The van der Waals surface area contributed by atoms with Gasteiger partial charge in [-0.2, -0.15) is 0 Å². The van der Waals surface area contributed by atoms with E-state index >= 15 is 0 Å². The Morgan fingerprint density at radius 1 is 1.37 bits per heavy atom. The number of hydrogen-bond acceptors (Lipinski definition) is 3. The van der Waals surface area contributed by atoms with Crippen LogP contribution >= 0.6 is 11.3 Å². The molecule has 19 heavy (non-hydrogen) atoms. The standard InChI is InChI=1S/C15H21NO2S/c17-14(10-15(18)6-2-1-3-7-15)16-8-4-13-12(11-16)5-9-19-13/h5,9,18H,1-4,6-8,10-11H2. The van der Waals surface area contributed by atoms with E-state index in [-0.39, 0.29) is 5.91 Å². The van der Waals surface area contributed by atoms with Gasteiger partial charge in [0.2, 0.25) is 5.91 Å². The lowest BCUT2D eigenvalue weighted by molar-refractivity contribution is -0.138. The number of carbonyl (C=O) groups excluding carboxylic acids is 1. The van der Waals surface area contributed by atoms with Gasteiger partial charge < -0.3 is 10.0 Å². The van der Waals surface area contributed by atoms with Crippen molar-refractivity contribution in [3.8, 4) is 0 Å². The first-order chi connectivity index (χ1) is 9.16. The molecule has 3 nitrogen and oxygen atoms in total. The fourth-order valence-electron chi connectivity index (χ4n) is 3.24. The van der Waals surface area contributed by atoms with Crippen molar-refractivity contribution in [1.82, 2.24) is 4.90 Å². The number of fused-ring (bicyclic) bond motifs is 1. The van der Waals surface area contributed by atoms with Gasteiger partial charge in [-0.1, -0.05) is 19.3 Å². The van der Waals surface area contributed by atoms with Gasteiger partial charge in [-0.05, 0) is 36.3 Å². The monoisotopic (exact) mass is 279 g/mol. The van der Waals surface area contributed by atoms with Crippen molar-refractivity contribution >= 4 is 17.2 Å². The largest absolute Gasteiger partial charge is 0.389 e. The van der Waals surface area contributed by atoms with Gasteiger partial charge in [-0.25, -0.2) is 0 Å². The summed E-state index contributed by atoms with van der Waals surface area (Å²) in [5, 5.41) is 12.6. The fourth-order valence-corrected chi connectivity index (χ4v) is 4.13. The minimum absolute atomic E-state index is 0.126. The summed E-state index contributed by atoms with van der Waals surface area (Å²) in [5.41, 5.74) is 0.560. The zero-order chi connectivity index (χ0) is 13.3. The molecule has 2 aliphatic rings. The molecule has 1 amide bonds. The Morgan fingerprint density at radius 3 is 2.95 bits per heavy atom. The first-order valence-corrected chi connectivity index (χ1v) is 8.10. The van der Waals surface area contributed by atoms with Crippen molar-refractivity contribution in [2.45, 2.75) is 57.1 Å². The number of amides is 1. The maximum absolute atomic E-state index is 12.4. The van der Waals surface area contributed by atoms with Gasteiger partial charge in [0, 0.05) is 18.0 Å². The average Bonchev–Trinajstić information content (AvgIpc) is 2.86. The van der Waals surface area contributed by atoms with Crippen LogP contribution in [0.3, 0.4) is 0 Å². The minimum atomic E-state index is -0.732. The maximum Gasteiger partial charge on any atom is 0.225 e. The van der Waals surface area contributed by atoms with Crippen LogP contribution in [0, 0.1) is 0 Å². The van der Waals surface area contributed by atoms with Crippen molar-refractivity contribution in [3.63, 3.8) is 0 Å². The summed E-state index contributed by atoms with van der Waals surface area (Å²) in [6.07, 6.45) is 6.16. The Hall–Kier alpha value is -0.870. The van der Waals surface area contributed by atoms with Gasteiger partial charge >= 0.3 is 0 Å². The fraction of sp³-hybridized carbons (Fsp3) is 0.667. The van der Waals surface area contributed by atoms with E-state index in [1.165, 1.54) is 16.9 Å². The lowest BCUT2D eigenvalue weighted by atomic mass is 9.82. The van der Waals surface area contributed by atoms with E-state index in [0.29, 0.717) is 6.42 Å². The molecule has 0 bridgehead atoms. The van der Waals surface area contributed by atoms with Crippen molar-refractivity contribution in [2.75, 3.05) is 6.54 Å². The predicted octanol–water partition coefficient (Wildman–Crippen LogP) is 2.72. The van der Waals surface area contributed by atoms with Crippen molar-refractivity contribution in [2.24, 2.45) is 0 Å². The molecule has 1 aliphatic heterocycles. The summed E-state index contributed by atoms with van der Waals surface area (Å²) in [5.74, 6) is 0.126. The highest BCUT2D eigenvalue weighted by molar-refractivity contribution is 7.10. The Kier molecular flexibility index (Phi) is 3.63. The average molecular weight is 279 g/mol. The summed E-state index contributed by atoms with van der Waals surface area (Å²) < 4.78 is 0. The first-order valence-electron chi connectivity index (χ1n) is 7.22. The van der Waals surface area contributed by atoms with Crippen LogP contribution in [0.1, 0.15) is 49.0 Å². The quantitative estimate of drug-likeness (QED) is 0.904. The minimum Gasteiger partial charge on any atom is -0.389 e. The summed E-state index contributed by atoms with van der Waals surface area (Å²) >= 11 is 1.79. The SMILES string of the molecule is O=C(CC1(O)CCCCC1)N1CCc2sccc2C1. The van der Waals surface area contributed by atoms with Gasteiger partial charge in [-0.3, -0.25) is 4.79 Å². The van der Waals surface area contributed by atoms with Crippen LogP contribution in [-0.4, -0.2) is 28.1 Å². The number of nitrogens with zero attached hydrogens (tertiary/aromatic N) is 1. The molecule has 0 spiro atoms. The van der Waals surface area contributed by atoms with Crippen molar-refractivity contribution < 1.29 is 9.90 Å². The van der Waals surface area contributed by atoms with E-state index < -0.39 is 5.60 Å². The molecule has 0 radical (unpaired) electrons. The second-order valence-electron chi connectivity index (χ2n) is 5.90. The highest BCUT2D eigenvalue weighted by Crippen LogP contribution is 2.32. The molecular weight excluding hydrogens is 258 g/mol. The molecule has 104 valence electrons. The summed E-state index contributed by atoms with van der Waals surface area (Å²) in [6.45, 7) is 1.54. The summed E-state index contributed by atoms with van der Waals surface area (Å²) in [4.78, 5) is 15.7.